The summed E-state index contributed by atoms with van der Waals surface area (Å²) in [7, 11) is 0. The van der Waals surface area contributed by atoms with Crippen molar-refractivity contribution in [3.05, 3.63) is 0 Å². The minimum atomic E-state index is -0.470. The van der Waals surface area contributed by atoms with Crippen molar-refractivity contribution in [3.8, 4) is 0 Å². The van der Waals surface area contributed by atoms with E-state index in [9.17, 15) is 9.59 Å². The third-order valence-electron chi connectivity index (χ3n) is 3.47. The van der Waals surface area contributed by atoms with Crippen molar-refractivity contribution in [2.24, 2.45) is 0 Å². The highest BCUT2D eigenvalue weighted by Crippen LogP contribution is 2.10. The zero-order chi connectivity index (χ0) is 18.9. The first-order valence-corrected chi connectivity index (χ1v) is 9.61. The Bertz CT molecular complexity index is 313. The highest BCUT2D eigenvalue weighted by molar-refractivity contribution is 5.69. The number of carbonyl (C=O) groups excluding carboxylic acids is 2. The molecule has 0 bridgehead atoms. The van der Waals surface area contributed by atoms with Crippen LogP contribution >= 0.6 is 0 Å². The van der Waals surface area contributed by atoms with Crippen LogP contribution in [0.5, 0.6) is 0 Å². The predicted octanol–water partition coefficient (Wildman–Crippen LogP) is 4.35. The molecule has 2 unspecified atom stereocenters. The third-order valence-corrected chi connectivity index (χ3v) is 3.47. The Balaban J connectivity index is 3.48. The molecule has 25 heavy (non-hydrogen) atoms. The molecular formula is C19H36O6. The fourth-order valence-electron chi connectivity index (χ4n) is 2.19. The predicted molar refractivity (Wildman–Crippen MR) is 95.9 cm³/mol. The molecule has 0 aliphatic heterocycles. The van der Waals surface area contributed by atoms with Crippen LogP contribution < -0.4 is 0 Å². The van der Waals surface area contributed by atoms with Crippen molar-refractivity contribution in [2.45, 2.75) is 98.1 Å². The molecule has 0 radical (unpaired) electrons. The Morgan fingerprint density at radius 2 is 1.04 bits per heavy atom. The van der Waals surface area contributed by atoms with Crippen LogP contribution in [-0.2, 0) is 28.5 Å². The van der Waals surface area contributed by atoms with Crippen molar-refractivity contribution in [1.29, 1.82) is 0 Å². The second-order valence-electron chi connectivity index (χ2n) is 6.12. The summed E-state index contributed by atoms with van der Waals surface area (Å²) in [5.74, 6) is -0.429. The maximum Gasteiger partial charge on any atom is 0.308 e. The lowest BCUT2D eigenvalue weighted by molar-refractivity contribution is -0.175. The van der Waals surface area contributed by atoms with E-state index >= 15 is 0 Å². The summed E-state index contributed by atoms with van der Waals surface area (Å²) in [5, 5.41) is 0. The third kappa shape index (κ3) is 16.1. The van der Waals surface area contributed by atoms with Gasteiger partial charge in [-0.2, -0.15) is 0 Å². The van der Waals surface area contributed by atoms with Gasteiger partial charge in [0.2, 0.25) is 0 Å². The lowest BCUT2D eigenvalue weighted by Gasteiger charge is -2.13. The quantitative estimate of drug-likeness (QED) is 0.231. The van der Waals surface area contributed by atoms with Crippen molar-refractivity contribution in [3.63, 3.8) is 0 Å². The highest BCUT2D eigenvalue weighted by atomic mass is 16.7. The average Bonchev–Trinajstić information content (AvgIpc) is 2.57. The van der Waals surface area contributed by atoms with E-state index in [1.54, 1.807) is 13.8 Å². The van der Waals surface area contributed by atoms with Gasteiger partial charge in [-0.25, -0.2) is 0 Å². The maximum atomic E-state index is 11.6. The van der Waals surface area contributed by atoms with E-state index in [0.717, 1.165) is 44.9 Å². The van der Waals surface area contributed by atoms with Crippen LogP contribution in [-0.4, -0.2) is 37.7 Å². The van der Waals surface area contributed by atoms with E-state index in [1.807, 2.05) is 13.8 Å². The first-order chi connectivity index (χ1) is 12.0. The van der Waals surface area contributed by atoms with Crippen LogP contribution in [0.4, 0.5) is 0 Å². The number of hydrogen-bond donors (Lipinski definition) is 0. The summed E-state index contributed by atoms with van der Waals surface area (Å²) in [6, 6.07) is 0. The molecule has 0 aliphatic carbocycles. The van der Waals surface area contributed by atoms with E-state index < -0.39 is 12.6 Å². The largest absolute Gasteiger partial charge is 0.436 e. The number of rotatable bonds is 16. The molecule has 0 saturated carbocycles. The molecule has 0 amide bonds. The normalized spacial score (nSPS) is 13.3. The molecule has 6 nitrogen and oxygen atoms in total. The summed E-state index contributed by atoms with van der Waals surface area (Å²) < 4.78 is 20.9. The molecule has 0 fully saturated rings. The molecule has 0 N–H and O–H groups in total. The number of ether oxygens (including phenoxy) is 4. The molecule has 0 spiro atoms. The SMILES string of the molecule is CCCOC(C)OC(=O)CCCCCCCC(=O)OC(C)OCCC. The Hall–Kier alpha value is -1.14. The zero-order valence-corrected chi connectivity index (χ0v) is 16.4. The minimum Gasteiger partial charge on any atom is -0.436 e. The number of hydrogen-bond acceptors (Lipinski definition) is 6. The molecule has 0 heterocycles. The smallest absolute Gasteiger partial charge is 0.308 e. The van der Waals surface area contributed by atoms with Crippen LogP contribution in [0.1, 0.15) is 85.5 Å². The van der Waals surface area contributed by atoms with E-state index in [-0.39, 0.29) is 11.9 Å². The molecule has 148 valence electrons. The van der Waals surface area contributed by atoms with Gasteiger partial charge in [0.1, 0.15) is 0 Å². The second-order valence-corrected chi connectivity index (χ2v) is 6.12. The summed E-state index contributed by atoms with van der Waals surface area (Å²) in [5.41, 5.74) is 0. The number of unbranched alkanes of at least 4 members (excludes halogenated alkanes) is 4. The fraction of sp³-hybridized carbons (Fsp3) is 0.895. The summed E-state index contributed by atoms with van der Waals surface area (Å²) in [4.78, 5) is 23.2. The first-order valence-electron chi connectivity index (χ1n) is 9.61. The van der Waals surface area contributed by atoms with E-state index in [2.05, 4.69) is 0 Å². The highest BCUT2D eigenvalue weighted by Gasteiger charge is 2.10. The van der Waals surface area contributed by atoms with Crippen molar-refractivity contribution < 1.29 is 28.5 Å². The second kappa shape index (κ2) is 16.3. The lowest BCUT2D eigenvalue weighted by atomic mass is 10.1. The van der Waals surface area contributed by atoms with Gasteiger partial charge in [-0.3, -0.25) is 9.59 Å². The molecule has 2 atom stereocenters. The van der Waals surface area contributed by atoms with E-state index in [1.165, 1.54) is 0 Å². The van der Waals surface area contributed by atoms with Crippen LogP contribution in [0, 0.1) is 0 Å². The Morgan fingerprint density at radius 3 is 1.40 bits per heavy atom. The molecule has 0 aromatic rings. The van der Waals surface area contributed by atoms with Crippen LogP contribution in [0.15, 0.2) is 0 Å². The Kier molecular flexibility index (Phi) is 15.6. The topological polar surface area (TPSA) is 71.1 Å². The van der Waals surface area contributed by atoms with Gasteiger partial charge in [0, 0.05) is 12.8 Å². The summed E-state index contributed by atoms with van der Waals surface area (Å²) >= 11 is 0. The first kappa shape index (κ1) is 23.9. The molecule has 0 rings (SSSR count). The van der Waals surface area contributed by atoms with Crippen molar-refractivity contribution in [1.82, 2.24) is 0 Å². The molecular weight excluding hydrogens is 324 g/mol. The van der Waals surface area contributed by atoms with Gasteiger partial charge in [-0.15, -0.1) is 0 Å². The Labute approximate surface area is 152 Å². The number of carbonyl (C=O) groups is 2. The van der Waals surface area contributed by atoms with Crippen molar-refractivity contribution >= 4 is 11.9 Å². The molecule has 0 aromatic carbocycles. The lowest BCUT2D eigenvalue weighted by Crippen LogP contribution is -2.18. The number of esters is 2. The molecule has 6 heteroatoms. The molecule has 0 aromatic heterocycles. The molecule has 0 saturated heterocycles. The van der Waals surface area contributed by atoms with Gasteiger partial charge >= 0.3 is 11.9 Å². The van der Waals surface area contributed by atoms with Gasteiger partial charge in [0.05, 0.1) is 13.2 Å². The fourth-order valence-corrected chi connectivity index (χ4v) is 2.19. The van der Waals surface area contributed by atoms with Gasteiger partial charge in [0.25, 0.3) is 0 Å². The van der Waals surface area contributed by atoms with Crippen LogP contribution in [0.25, 0.3) is 0 Å². The van der Waals surface area contributed by atoms with Crippen molar-refractivity contribution in [2.75, 3.05) is 13.2 Å². The molecule has 0 aliphatic rings. The zero-order valence-electron chi connectivity index (χ0n) is 16.4. The van der Waals surface area contributed by atoms with E-state index in [4.69, 9.17) is 18.9 Å². The van der Waals surface area contributed by atoms with Gasteiger partial charge in [-0.05, 0) is 39.5 Å². The van der Waals surface area contributed by atoms with Crippen LogP contribution in [0.2, 0.25) is 0 Å². The standard InChI is InChI=1S/C19H36O6/c1-5-14-22-16(3)24-18(20)12-10-8-7-9-11-13-19(21)25-17(4)23-15-6-2/h16-17H,5-15H2,1-4H3. The Morgan fingerprint density at radius 1 is 0.680 bits per heavy atom. The van der Waals surface area contributed by atoms with E-state index in [0.29, 0.717) is 26.1 Å². The minimum absolute atomic E-state index is 0.215. The average molecular weight is 360 g/mol. The maximum absolute atomic E-state index is 11.6. The van der Waals surface area contributed by atoms with Gasteiger partial charge in [0.15, 0.2) is 12.6 Å². The summed E-state index contributed by atoms with van der Waals surface area (Å²) in [6.07, 6.45) is 6.17. The van der Waals surface area contributed by atoms with Gasteiger partial charge < -0.3 is 18.9 Å². The van der Waals surface area contributed by atoms with Crippen LogP contribution in [0.3, 0.4) is 0 Å². The summed E-state index contributed by atoms with van der Waals surface area (Å²) in [6.45, 7) is 8.69. The van der Waals surface area contributed by atoms with Gasteiger partial charge in [-0.1, -0.05) is 33.1 Å². The monoisotopic (exact) mass is 360 g/mol.